The lowest BCUT2D eigenvalue weighted by Gasteiger charge is -2.74. The lowest BCUT2D eigenvalue weighted by atomic mass is 9.35. The first-order valence-corrected chi connectivity index (χ1v) is 11.9. The lowest BCUT2D eigenvalue weighted by molar-refractivity contribution is -0.275. The Morgan fingerprint density at radius 1 is 1.24 bits per heavy atom. The number of benzene rings is 1. The summed E-state index contributed by atoms with van der Waals surface area (Å²) >= 11 is 0. The van der Waals surface area contributed by atoms with Crippen molar-refractivity contribution in [2.24, 2.45) is 23.0 Å². The van der Waals surface area contributed by atoms with Gasteiger partial charge in [0.15, 0.2) is 0 Å². The Morgan fingerprint density at radius 3 is 2.86 bits per heavy atom. The van der Waals surface area contributed by atoms with Gasteiger partial charge < -0.3 is 15.2 Å². The Balaban J connectivity index is 1.48. The minimum Gasteiger partial charge on any atom is -0.486 e. The molecular formula is C25H34N2O2. The molecule has 29 heavy (non-hydrogen) atoms. The van der Waals surface area contributed by atoms with Crippen LogP contribution in [0.3, 0.4) is 0 Å². The molecule has 2 spiro atoms. The van der Waals surface area contributed by atoms with Gasteiger partial charge in [-0.15, -0.1) is 0 Å². The predicted octanol–water partition coefficient (Wildman–Crippen LogP) is 3.18. The van der Waals surface area contributed by atoms with E-state index in [1.807, 2.05) is 7.11 Å². The maximum absolute atomic E-state index is 6.99. The third-order valence-corrected chi connectivity index (χ3v) is 10.3. The van der Waals surface area contributed by atoms with Crippen LogP contribution in [-0.4, -0.2) is 49.4 Å². The molecule has 7 aliphatic rings. The molecule has 5 fully saturated rings. The highest BCUT2D eigenvalue weighted by atomic mass is 16.6. The minimum absolute atomic E-state index is 0.132. The van der Waals surface area contributed by atoms with E-state index in [1.165, 1.54) is 62.9 Å². The Hall–Kier alpha value is -1.10. The molecule has 156 valence electrons. The van der Waals surface area contributed by atoms with Gasteiger partial charge >= 0.3 is 0 Å². The van der Waals surface area contributed by atoms with Crippen molar-refractivity contribution >= 4 is 0 Å². The first-order chi connectivity index (χ1) is 14.1. The predicted molar refractivity (Wildman–Crippen MR) is 112 cm³/mol. The van der Waals surface area contributed by atoms with Crippen LogP contribution in [0.2, 0.25) is 0 Å². The molecule has 2 heterocycles. The summed E-state index contributed by atoms with van der Waals surface area (Å²) in [6, 6.07) is 5.36. The van der Waals surface area contributed by atoms with E-state index in [0.717, 1.165) is 12.3 Å². The van der Waals surface area contributed by atoms with Gasteiger partial charge in [-0.1, -0.05) is 12.1 Å². The molecule has 1 aromatic rings. The van der Waals surface area contributed by atoms with Crippen LogP contribution in [0.5, 0.6) is 5.75 Å². The number of aryl methyl sites for hydroxylation is 1. The van der Waals surface area contributed by atoms with Gasteiger partial charge in [0.05, 0.1) is 0 Å². The summed E-state index contributed by atoms with van der Waals surface area (Å²) in [5.74, 6) is 2.55. The molecule has 2 N–H and O–H groups in total. The number of hydrogen-bond acceptors (Lipinski definition) is 4. The zero-order valence-electron chi connectivity index (χ0n) is 17.9. The van der Waals surface area contributed by atoms with Gasteiger partial charge in [0.25, 0.3) is 0 Å². The molecule has 5 aliphatic carbocycles. The summed E-state index contributed by atoms with van der Waals surface area (Å²) in [4.78, 5) is 2.90. The molecule has 1 aromatic carbocycles. The van der Waals surface area contributed by atoms with Crippen LogP contribution >= 0.6 is 0 Å². The van der Waals surface area contributed by atoms with Gasteiger partial charge in [-0.3, -0.25) is 4.90 Å². The first-order valence-electron chi connectivity index (χ1n) is 11.9. The Kier molecular flexibility index (Phi) is 3.26. The molecule has 2 aliphatic heterocycles. The molecule has 0 aromatic heterocycles. The largest absolute Gasteiger partial charge is 0.486 e. The molecule has 4 saturated carbocycles. The SMILES string of the molecule is COC12CC[C@@]3(C[C@@H]1CN)[C@H]1Cc4ccc(C)c5c4[C@@]3(CCN1CC1CC1)C2O5. The van der Waals surface area contributed by atoms with Gasteiger partial charge in [0, 0.05) is 42.0 Å². The fourth-order valence-corrected chi connectivity index (χ4v) is 8.97. The van der Waals surface area contributed by atoms with Crippen LogP contribution in [-0.2, 0) is 16.6 Å². The summed E-state index contributed by atoms with van der Waals surface area (Å²) in [6.07, 6.45) is 9.03. The number of fused-ring (bicyclic) bond motifs is 2. The third-order valence-electron chi connectivity index (χ3n) is 10.3. The zero-order valence-corrected chi connectivity index (χ0v) is 17.9. The number of nitrogens with zero attached hydrogens (tertiary/aromatic N) is 1. The molecule has 4 nitrogen and oxygen atoms in total. The van der Waals surface area contributed by atoms with Crippen LogP contribution < -0.4 is 10.5 Å². The van der Waals surface area contributed by atoms with Crippen molar-refractivity contribution in [2.45, 2.75) is 75.0 Å². The Morgan fingerprint density at radius 2 is 2.10 bits per heavy atom. The van der Waals surface area contributed by atoms with Crippen LogP contribution in [0, 0.1) is 24.2 Å². The molecule has 4 heteroatoms. The monoisotopic (exact) mass is 394 g/mol. The summed E-state index contributed by atoms with van der Waals surface area (Å²) < 4.78 is 13.4. The van der Waals surface area contributed by atoms with Gasteiger partial charge in [-0.05, 0) is 82.0 Å². The lowest BCUT2D eigenvalue weighted by Crippen LogP contribution is -2.81. The fourth-order valence-electron chi connectivity index (χ4n) is 8.97. The number of piperidine rings is 1. The fraction of sp³-hybridized carbons (Fsp3) is 0.760. The smallest absolute Gasteiger partial charge is 0.138 e. The van der Waals surface area contributed by atoms with Crippen LogP contribution in [0.15, 0.2) is 12.1 Å². The summed E-state index contributed by atoms with van der Waals surface area (Å²) in [6.45, 7) is 5.48. The van der Waals surface area contributed by atoms with Crippen molar-refractivity contribution in [2.75, 3.05) is 26.7 Å². The normalized spacial score (nSPS) is 46.5. The molecule has 0 amide bonds. The van der Waals surface area contributed by atoms with E-state index in [4.69, 9.17) is 15.2 Å². The highest BCUT2D eigenvalue weighted by Crippen LogP contribution is 2.76. The zero-order chi connectivity index (χ0) is 19.6. The quantitative estimate of drug-likeness (QED) is 0.852. The van der Waals surface area contributed by atoms with Crippen LogP contribution in [0.1, 0.15) is 55.2 Å². The van der Waals surface area contributed by atoms with E-state index in [-0.39, 0.29) is 17.1 Å². The highest BCUT2D eigenvalue weighted by molar-refractivity contribution is 5.61. The second-order valence-corrected chi connectivity index (χ2v) is 11.1. The van der Waals surface area contributed by atoms with Gasteiger partial charge in [-0.25, -0.2) is 0 Å². The maximum Gasteiger partial charge on any atom is 0.138 e. The maximum atomic E-state index is 6.99. The van der Waals surface area contributed by atoms with E-state index in [1.54, 1.807) is 11.1 Å². The van der Waals surface area contributed by atoms with E-state index >= 15 is 0 Å². The van der Waals surface area contributed by atoms with E-state index < -0.39 is 0 Å². The summed E-state index contributed by atoms with van der Waals surface area (Å²) in [5, 5.41) is 0. The molecule has 1 saturated heterocycles. The van der Waals surface area contributed by atoms with Gasteiger partial charge in [0.1, 0.15) is 17.5 Å². The Bertz CT molecular complexity index is 897. The number of ether oxygens (including phenoxy) is 2. The average Bonchev–Trinajstić information content (AvgIpc) is 3.48. The minimum atomic E-state index is -0.222. The molecule has 4 bridgehead atoms. The van der Waals surface area contributed by atoms with Crippen LogP contribution in [0.4, 0.5) is 0 Å². The Labute approximate surface area is 174 Å². The molecule has 8 rings (SSSR count). The number of hydrogen-bond donors (Lipinski definition) is 1. The standard InChI is InChI=1S/C25H34N2O2/c1-15-3-6-17-11-19-23-7-8-25(28-2,18(12-23)13-26)22-24(23,20(17)21(15)29-22)9-10-27(19)14-16-4-5-16/h3,6,16,18-19,22H,4-5,7-14,26H2,1-2H3/t18-,19-,22?,23-,24+,25?/m1/s1. The van der Waals surface area contributed by atoms with E-state index in [2.05, 4.69) is 24.0 Å². The number of nitrogens with two attached hydrogens (primary N) is 1. The average molecular weight is 395 g/mol. The van der Waals surface area contributed by atoms with Gasteiger partial charge in [0.2, 0.25) is 0 Å². The summed E-state index contributed by atoms with van der Waals surface area (Å²) in [7, 11) is 1.92. The van der Waals surface area contributed by atoms with E-state index in [0.29, 0.717) is 23.9 Å². The molecule has 6 atom stereocenters. The van der Waals surface area contributed by atoms with Crippen molar-refractivity contribution in [1.29, 1.82) is 0 Å². The van der Waals surface area contributed by atoms with Crippen molar-refractivity contribution < 1.29 is 9.47 Å². The summed E-state index contributed by atoms with van der Waals surface area (Å²) in [5.41, 5.74) is 11.1. The molecule has 2 unspecified atom stereocenters. The van der Waals surface area contributed by atoms with Crippen molar-refractivity contribution in [3.8, 4) is 5.75 Å². The van der Waals surface area contributed by atoms with Crippen molar-refractivity contribution in [3.05, 3.63) is 28.8 Å². The van der Waals surface area contributed by atoms with Gasteiger partial charge in [-0.2, -0.15) is 0 Å². The first kappa shape index (κ1) is 17.6. The topological polar surface area (TPSA) is 47.7 Å². The van der Waals surface area contributed by atoms with Crippen LogP contribution in [0.25, 0.3) is 0 Å². The second kappa shape index (κ2) is 5.38. The van der Waals surface area contributed by atoms with E-state index in [9.17, 15) is 0 Å². The second-order valence-electron chi connectivity index (χ2n) is 11.1. The number of likely N-dealkylation sites (tertiary alicyclic amines) is 1. The van der Waals surface area contributed by atoms with Crippen molar-refractivity contribution in [3.63, 3.8) is 0 Å². The molecular weight excluding hydrogens is 360 g/mol. The third kappa shape index (κ3) is 1.78. The highest BCUT2D eigenvalue weighted by Gasteiger charge is 2.80. The number of methoxy groups -OCH3 is 1. The molecule has 0 radical (unpaired) electrons. The number of rotatable bonds is 4. The van der Waals surface area contributed by atoms with Crippen molar-refractivity contribution in [1.82, 2.24) is 4.90 Å².